The molecule has 8 heteroatoms. The Labute approximate surface area is 126 Å². The highest BCUT2D eigenvalue weighted by molar-refractivity contribution is 7.91. The third kappa shape index (κ3) is 4.03. The van der Waals surface area contributed by atoms with Crippen LogP contribution in [0.2, 0.25) is 0 Å². The molecule has 0 spiro atoms. The Morgan fingerprint density at radius 3 is 2.33 bits per heavy atom. The van der Waals surface area contributed by atoms with E-state index >= 15 is 0 Å². The molecule has 0 atom stereocenters. The van der Waals surface area contributed by atoms with Gasteiger partial charge in [-0.15, -0.1) is 0 Å². The van der Waals surface area contributed by atoms with Gasteiger partial charge in [-0.2, -0.15) is 9.57 Å². The van der Waals surface area contributed by atoms with Gasteiger partial charge in [0.1, 0.15) is 0 Å². The SMILES string of the molecule is CCN(CCC#N)S(=O)(=O)c1cc(S(C)(=O)=O)ccc1C. The number of benzene rings is 1. The van der Waals surface area contributed by atoms with E-state index in [0.29, 0.717) is 5.56 Å². The molecule has 0 saturated carbocycles. The summed E-state index contributed by atoms with van der Waals surface area (Å²) < 4.78 is 49.5. The molecular formula is C13H18N2O4S2. The van der Waals surface area contributed by atoms with E-state index in [4.69, 9.17) is 5.26 Å². The largest absolute Gasteiger partial charge is 0.243 e. The molecule has 0 heterocycles. The average Bonchev–Trinajstić information content (AvgIpc) is 2.38. The molecule has 0 aliphatic heterocycles. The Hall–Kier alpha value is -1.43. The number of nitriles is 1. The van der Waals surface area contributed by atoms with E-state index in [-0.39, 0.29) is 29.3 Å². The standard InChI is InChI=1S/C13H18N2O4S2/c1-4-15(9-5-8-14)21(18,19)13-10-12(20(3,16)17)7-6-11(13)2/h6-7,10H,4-5,9H2,1-3H3. The zero-order chi connectivity index (χ0) is 16.3. The predicted molar refractivity (Wildman–Crippen MR) is 79.0 cm³/mol. The van der Waals surface area contributed by atoms with E-state index < -0.39 is 19.9 Å². The van der Waals surface area contributed by atoms with Crippen LogP contribution in [0.3, 0.4) is 0 Å². The van der Waals surface area contributed by atoms with Crippen molar-refractivity contribution >= 4 is 19.9 Å². The number of hydrogen-bond donors (Lipinski definition) is 0. The highest BCUT2D eigenvalue weighted by Gasteiger charge is 2.25. The molecule has 0 saturated heterocycles. The van der Waals surface area contributed by atoms with Crippen molar-refractivity contribution < 1.29 is 16.8 Å². The molecule has 0 bridgehead atoms. The average molecular weight is 330 g/mol. The van der Waals surface area contributed by atoms with Crippen LogP contribution < -0.4 is 0 Å². The van der Waals surface area contributed by atoms with Crippen LogP contribution in [-0.2, 0) is 19.9 Å². The second-order valence-corrected chi connectivity index (χ2v) is 8.53. The van der Waals surface area contributed by atoms with Crippen LogP contribution in [0.4, 0.5) is 0 Å². The molecule has 0 aromatic heterocycles. The van der Waals surface area contributed by atoms with Crippen LogP contribution in [0.5, 0.6) is 0 Å². The first-order chi connectivity index (χ1) is 9.64. The molecule has 0 fully saturated rings. The number of sulfone groups is 1. The van der Waals surface area contributed by atoms with Crippen molar-refractivity contribution in [1.29, 1.82) is 5.26 Å². The summed E-state index contributed by atoms with van der Waals surface area (Å²) in [5, 5.41) is 8.60. The quantitative estimate of drug-likeness (QED) is 0.784. The Morgan fingerprint density at radius 1 is 1.24 bits per heavy atom. The topological polar surface area (TPSA) is 95.3 Å². The summed E-state index contributed by atoms with van der Waals surface area (Å²) in [5.74, 6) is 0. The van der Waals surface area contributed by atoms with Gasteiger partial charge in [0.15, 0.2) is 9.84 Å². The van der Waals surface area contributed by atoms with Gasteiger partial charge >= 0.3 is 0 Å². The van der Waals surface area contributed by atoms with Gasteiger partial charge in [-0.25, -0.2) is 16.8 Å². The minimum Gasteiger partial charge on any atom is -0.224 e. The smallest absolute Gasteiger partial charge is 0.224 e. The Bertz CT molecular complexity index is 762. The summed E-state index contributed by atoms with van der Waals surface area (Å²) in [6.07, 6.45) is 1.11. The van der Waals surface area contributed by atoms with Crippen molar-refractivity contribution in [3.8, 4) is 6.07 Å². The Balaban J connectivity index is 3.40. The molecule has 0 aliphatic rings. The van der Waals surface area contributed by atoms with Crippen molar-refractivity contribution in [2.75, 3.05) is 19.3 Å². The Morgan fingerprint density at radius 2 is 1.86 bits per heavy atom. The summed E-state index contributed by atoms with van der Waals surface area (Å²) in [4.78, 5) is -0.0757. The zero-order valence-corrected chi connectivity index (χ0v) is 13.8. The molecule has 116 valence electrons. The van der Waals surface area contributed by atoms with Crippen molar-refractivity contribution in [3.63, 3.8) is 0 Å². The lowest BCUT2D eigenvalue weighted by molar-refractivity contribution is 0.434. The number of aryl methyl sites for hydroxylation is 1. The van der Waals surface area contributed by atoms with Crippen LogP contribution in [0, 0.1) is 18.3 Å². The van der Waals surface area contributed by atoms with E-state index in [0.717, 1.165) is 6.26 Å². The van der Waals surface area contributed by atoms with Gasteiger partial charge in [0.2, 0.25) is 10.0 Å². The summed E-state index contributed by atoms with van der Waals surface area (Å²) in [6.45, 7) is 3.58. The molecule has 0 amide bonds. The lowest BCUT2D eigenvalue weighted by Crippen LogP contribution is -2.32. The fraction of sp³-hybridized carbons (Fsp3) is 0.462. The molecule has 0 unspecified atom stereocenters. The van der Waals surface area contributed by atoms with Gasteiger partial charge < -0.3 is 0 Å². The third-order valence-corrected chi connectivity index (χ3v) is 6.26. The van der Waals surface area contributed by atoms with Gasteiger partial charge in [0.25, 0.3) is 0 Å². The van der Waals surface area contributed by atoms with Crippen molar-refractivity contribution in [3.05, 3.63) is 23.8 Å². The van der Waals surface area contributed by atoms with Crippen LogP contribution in [-0.4, -0.2) is 40.5 Å². The second-order valence-electron chi connectivity index (χ2n) is 4.60. The van der Waals surface area contributed by atoms with Crippen molar-refractivity contribution in [1.82, 2.24) is 4.31 Å². The maximum Gasteiger partial charge on any atom is 0.243 e. The summed E-state index contributed by atoms with van der Waals surface area (Å²) in [7, 11) is -7.31. The number of rotatable bonds is 6. The molecule has 1 aromatic rings. The van der Waals surface area contributed by atoms with Gasteiger partial charge in [-0.1, -0.05) is 13.0 Å². The summed E-state index contributed by atoms with van der Waals surface area (Å²) in [5.41, 5.74) is 0.470. The van der Waals surface area contributed by atoms with E-state index in [9.17, 15) is 16.8 Å². The van der Waals surface area contributed by atoms with E-state index in [1.165, 1.54) is 22.5 Å². The highest BCUT2D eigenvalue weighted by Crippen LogP contribution is 2.23. The normalized spacial score (nSPS) is 12.3. The number of nitrogens with zero attached hydrogens (tertiary/aromatic N) is 2. The predicted octanol–water partition coefficient (Wildman–Crippen LogP) is 1.32. The molecule has 1 aromatic carbocycles. The van der Waals surface area contributed by atoms with Crippen LogP contribution >= 0.6 is 0 Å². The fourth-order valence-electron chi connectivity index (χ4n) is 1.85. The fourth-order valence-corrected chi connectivity index (χ4v) is 4.27. The maximum absolute atomic E-state index is 12.6. The van der Waals surface area contributed by atoms with Crippen molar-refractivity contribution in [2.24, 2.45) is 0 Å². The van der Waals surface area contributed by atoms with Gasteiger partial charge in [0, 0.05) is 25.8 Å². The zero-order valence-electron chi connectivity index (χ0n) is 12.2. The van der Waals surface area contributed by atoms with E-state index in [1.807, 2.05) is 6.07 Å². The summed E-state index contributed by atoms with van der Waals surface area (Å²) in [6, 6.07) is 5.94. The van der Waals surface area contributed by atoms with E-state index in [2.05, 4.69) is 0 Å². The minimum absolute atomic E-state index is 0.0368. The molecule has 1 rings (SSSR count). The van der Waals surface area contributed by atoms with Crippen LogP contribution in [0.15, 0.2) is 28.0 Å². The summed E-state index contributed by atoms with van der Waals surface area (Å²) >= 11 is 0. The monoisotopic (exact) mass is 330 g/mol. The lowest BCUT2D eigenvalue weighted by atomic mass is 10.2. The van der Waals surface area contributed by atoms with Crippen LogP contribution in [0.25, 0.3) is 0 Å². The maximum atomic E-state index is 12.6. The van der Waals surface area contributed by atoms with Gasteiger partial charge in [-0.05, 0) is 24.6 Å². The Kier molecular flexibility index (Phi) is 5.50. The first kappa shape index (κ1) is 17.6. The second kappa shape index (κ2) is 6.56. The molecule has 0 radical (unpaired) electrons. The molecular weight excluding hydrogens is 312 g/mol. The first-order valence-corrected chi connectivity index (χ1v) is 9.65. The van der Waals surface area contributed by atoms with Crippen LogP contribution in [0.1, 0.15) is 18.9 Å². The molecule has 6 nitrogen and oxygen atoms in total. The van der Waals surface area contributed by atoms with Gasteiger partial charge in [-0.3, -0.25) is 0 Å². The lowest BCUT2D eigenvalue weighted by Gasteiger charge is -2.20. The number of hydrogen-bond acceptors (Lipinski definition) is 5. The highest BCUT2D eigenvalue weighted by atomic mass is 32.2. The minimum atomic E-state index is -3.82. The number of sulfonamides is 1. The first-order valence-electron chi connectivity index (χ1n) is 6.32. The molecule has 0 aliphatic carbocycles. The van der Waals surface area contributed by atoms with E-state index in [1.54, 1.807) is 13.8 Å². The van der Waals surface area contributed by atoms with Crippen molar-refractivity contribution in [2.45, 2.75) is 30.1 Å². The third-order valence-electron chi connectivity index (χ3n) is 3.03. The molecule has 21 heavy (non-hydrogen) atoms. The molecule has 0 N–H and O–H groups in total. The van der Waals surface area contributed by atoms with Gasteiger partial charge in [0.05, 0.1) is 15.9 Å².